The Balaban J connectivity index is 1.99. The number of nitrogens with zero attached hydrogens (tertiary/aromatic N) is 1. The molecule has 1 aliphatic heterocycles. The number of hydrogen-bond donors (Lipinski definition) is 2. The maximum absolute atomic E-state index is 12.1. The van der Waals surface area contributed by atoms with Crippen molar-refractivity contribution in [1.82, 2.24) is 10.2 Å². The van der Waals surface area contributed by atoms with E-state index < -0.39 is 21.5 Å². The largest absolute Gasteiger partial charge is 0.485 e. The summed E-state index contributed by atoms with van der Waals surface area (Å²) in [6.45, 7) is 9.79. The molecular formula is C18H30N2O4S. The number of β-amino-alcohol motifs (C(OH)–C–C–N with tert-alkyl or cyclic N) is 1. The Morgan fingerprint density at radius 3 is 2.40 bits per heavy atom. The highest BCUT2D eigenvalue weighted by Gasteiger charge is 2.32. The fourth-order valence-electron chi connectivity index (χ4n) is 2.83. The maximum atomic E-state index is 12.1. The van der Waals surface area contributed by atoms with Crippen molar-refractivity contribution in [1.29, 1.82) is 0 Å². The van der Waals surface area contributed by atoms with E-state index in [0.29, 0.717) is 23.6 Å². The highest BCUT2D eigenvalue weighted by molar-refractivity contribution is 7.91. The van der Waals surface area contributed by atoms with Crippen LogP contribution in [0, 0.1) is 0 Å². The highest BCUT2D eigenvalue weighted by Crippen LogP contribution is 2.24. The molecular weight excluding hydrogens is 340 g/mol. The number of piperazine rings is 1. The molecule has 0 aromatic heterocycles. The standard InChI is InChI=1S/C18H30N2O4S/c1-4-13-25(22,23)16-7-5-15(6-8-16)24-18(2,3)17(21)14-20-11-9-19-10-12-20/h5-8,17,19,21H,4,9-14H2,1-3H3. The third kappa shape index (κ3) is 5.67. The fraction of sp³-hybridized carbons (Fsp3) is 0.667. The van der Waals surface area contributed by atoms with Gasteiger partial charge in [0.2, 0.25) is 0 Å². The summed E-state index contributed by atoms with van der Waals surface area (Å²) in [5.74, 6) is 0.696. The second-order valence-corrected chi connectivity index (χ2v) is 9.17. The van der Waals surface area contributed by atoms with Gasteiger partial charge in [0.15, 0.2) is 9.84 Å². The molecule has 1 aliphatic rings. The molecule has 0 saturated carbocycles. The number of nitrogens with one attached hydrogen (secondary N) is 1. The molecule has 1 aromatic carbocycles. The molecule has 1 aromatic rings. The maximum Gasteiger partial charge on any atom is 0.178 e. The van der Waals surface area contributed by atoms with E-state index in [1.165, 1.54) is 0 Å². The lowest BCUT2D eigenvalue weighted by molar-refractivity contribution is -0.0456. The summed E-state index contributed by atoms with van der Waals surface area (Å²) in [5.41, 5.74) is -0.769. The lowest BCUT2D eigenvalue weighted by Gasteiger charge is -2.36. The van der Waals surface area contributed by atoms with E-state index in [1.807, 2.05) is 20.8 Å². The molecule has 0 spiro atoms. The first-order chi connectivity index (χ1) is 11.7. The fourth-order valence-corrected chi connectivity index (χ4v) is 4.16. The van der Waals surface area contributed by atoms with Crippen LogP contribution in [0.3, 0.4) is 0 Å². The van der Waals surface area contributed by atoms with Gasteiger partial charge in [-0.1, -0.05) is 6.92 Å². The molecule has 6 nitrogen and oxygen atoms in total. The summed E-state index contributed by atoms with van der Waals surface area (Å²) in [6, 6.07) is 6.45. The Labute approximate surface area is 151 Å². The normalized spacial score (nSPS) is 18.1. The first-order valence-electron chi connectivity index (χ1n) is 8.87. The van der Waals surface area contributed by atoms with Crippen LogP contribution in [0.5, 0.6) is 5.75 Å². The zero-order valence-electron chi connectivity index (χ0n) is 15.4. The van der Waals surface area contributed by atoms with E-state index in [1.54, 1.807) is 24.3 Å². The van der Waals surface area contributed by atoms with Crippen molar-refractivity contribution < 1.29 is 18.3 Å². The van der Waals surface area contributed by atoms with Gasteiger partial charge in [-0.2, -0.15) is 0 Å². The van der Waals surface area contributed by atoms with Crippen molar-refractivity contribution in [2.75, 3.05) is 38.5 Å². The van der Waals surface area contributed by atoms with Crippen LogP contribution in [0.15, 0.2) is 29.2 Å². The summed E-state index contributed by atoms with van der Waals surface area (Å²) in [6.07, 6.45) is -0.0552. The second-order valence-electron chi connectivity index (χ2n) is 7.06. The summed E-state index contributed by atoms with van der Waals surface area (Å²) < 4.78 is 30.1. The van der Waals surface area contributed by atoms with Crippen LogP contribution in [0.1, 0.15) is 27.2 Å². The Bertz CT molecular complexity index is 638. The average molecular weight is 371 g/mol. The molecule has 0 aliphatic carbocycles. The summed E-state index contributed by atoms with van der Waals surface area (Å²) in [4.78, 5) is 2.52. The topological polar surface area (TPSA) is 78.9 Å². The van der Waals surface area contributed by atoms with Gasteiger partial charge in [-0.25, -0.2) is 8.42 Å². The SMILES string of the molecule is CCCS(=O)(=O)c1ccc(OC(C)(C)C(O)CN2CCNCC2)cc1. The smallest absolute Gasteiger partial charge is 0.178 e. The Morgan fingerprint density at radius 1 is 1.24 bits per heavy atom. The number of ether oxygens (including phenoxy) is 1. The first-order valence-corrected chi connectivity index (χ1v) is 10.5. The Morgan fingerprint density at radius 2 is 1.84 bits per heavy atom. The summed E-state index contributed by atoms with van der Waals surface area (Å²) >= 11 is 0. The van der Waals surface area contributed by atoms with Crippen LogP contribution in [-0.4, -0.2) is 68.6 Å². The second kappa shape index (κ2) is 8.49. The van der Waals surface area contributed by atoms with Crippen LogP contribution in [-0.2, 0) is 9.84 Å². The molecule has 0 bridgehead atoms. The van der Waals surface area contributed by atoms with Crippen molar-refractivity contribution in [3.8, 4) is 5.75 Å². The average Bonchev–Trinajstić information content (AvgIpc) is 2.56. The van der Waals surface area contributed by atoms with Crippen LogP contribution in [0.2, 0.25) is 0 Å². The summed E-state index contributed by atoms with van der Waals surface area (Å²) in [7, 11) is -3.22. The minimum Gasteiger partial charge on any atom is -0.485 e. The molecule has 1 atom stereocenters. The van der Waals surface area contributed by atoms with Gasteiger partial charge in [0.05, 0.1) is 10.6 Å². The van der Waals surface area contributed by atoms with Crippen LogP contribution in [0.4, 0.5) is 0 Å². The van der Waals surface area contributed by atoms with Crippen molar-refractivity contribution in [3.05, 3.63) is 24.3 Å². The van der Waals surface area contributed by atoms with Crippen LogP contribution >= 0.6 is 0 Å². The minimum absolute atomic E-state index is 0.141. The van der Waals surface area contributed by atoms with E-state index in [2.05, 4.69) is 10.2 Å². The minimum atomic E-state index is -3.22. The van der Waals surface area contributed by atoms with Gasteiger partial charge in [-0.3, -0.25) is 4.90 Å². The van der Waals surface area contributed by atoms with Gasteiger partial charge in [0.25, 0.3) is 0 Å². The van der Waals surface area contributed by atoms with Crippen molar-refractivity contribution in [2.45, 2.75) is 43.8 Å². The number of aliphatic hydroxyl groups is 1. The number of benzene rings is 1. The molecule has 0 radical (unpaired) electrons. The van der Waals surface area contributed by atoms with E-state index >= 15 is 0 Å². The highest BCUT2D eigenvalue weighted by atomic mass is 32.2. The van der Waals surface area contributed by atoms with Gasteiger partial charge in [-0.05, 0) is 44.5 Å². The van der Waals surface area contributed by atoms with E-state index in [4.69, 9.17) is 4.74 Å². The van der Waals surface area contributed by atoms with E-state index in [0.717, 1.165) is 26.2 Å². The molecule has 1 fully saturated rings. The number of hydrogen-bond acceptors (Lipinski definition) is 6. The molecule has 2 N–H and O–H groups in total. The Hall–Kier alpha value is -1.15. The van der Waals surface area contributed by atoms with Crippen molar-refractivity contribution in [3.63, 3.8) is 0 Å². The zero-order valence-corrected chi connectivity index (χ0v) is 16.2. The third-order valence-corrected chi connectivity index (χ3v) is 6.42. The molecule has 142 valence electrons. The van der Waals surface area contributed by atoms with E-state index in [9.17, 15) is 13.5 Å². The number of aliphatic hydroxyl groups excluding tert-OH is 1. The van der Waals surface area contributed by atoms with Gasteiger partial charge < -0.3 is 15.2 Å². The van der Waals surface area contributed by atoms with Crippen LogP contribution in [0.25, 0.3) is 0 Å². The predicted octanol–water partition coefficient (Wildman–Crippen LogP) is 1.29. The van der Waals surface area contributed by atoms with E-state index in [-0.39, 0.29) is 5.75 Å². The first kappa shape index (κ1) is 20.2. The lowest BCUT2D eigenvalue weighted by Crippen LogP contribution is -2.52. The molecule has 1 unspecified atom stereocenters. The van der Waals surface area contributed by atoms with Gasteiger partial charge in [-0.15, -0.1) is 0 Å². The van der Waals surface area contributed by atoms with Gasteiger partial charge >= 0.3 is 0 Å². The molecule has 0 amide bonds. The van der Waals surface area contributed by atoms with Crippen LogP contribution < -0.4 is 10.1 Å². The zero-order chi connectivity index (χ0) is 18.5. The number of sulfone groups is 1. The summed E-state index contributed by atoms with van der Waals surface area (Å²) in [5, 5.41) is 13.9. The molecule has 7 heteroatoms. The molecule has 25 heavy (non-hydrogen) atoms. The van der Waals surface area contributed by atoms with Gasteiger partial charge in [0, 0.05) is 32.7 Å². The lowest BCUT2D eigenvalue weighted by atomic mass is 10.0. The quantitative estimate of drug-likeness (QED) is 0.718. The third-order valence-electron chi connectivity index (χ3n) is 4.48. The molecule has 2 rings (SSSR count). The predicted molar refractivity (Wildman–Crippen MR) is 98.8 cm³/mol. The van der Waals surface area contributed by atoms with Crippen molar-refractivity contribution >= 4 is 9.84 Å². The Kier molecular flexibility index (Phi) is 6.85. The van der Waals surface area contributed by atoms with Gasteiger partial charge in [0.1, 0.15) is 17.5 Å². The number of rotatable bonds is 8. The van der Waals surface area contributed by atoms with Crippen molar-refractivity contribution in [2.24, 2.45) is 0 Å². The molecule has 1 saturated heterocycles. The monoisotopic (exact) mass is 370 g/mol. The molecule has 1 heterocycles.